The van der Waals surface area contributed by atoms with Crippen LogP contribution >= 0.6 is 0 Å². The lowest BCUT2D eigenvalue weighted by atomic mass is 10.1. The van der Waals surface area contributed by atoms with Crippen molar-refractivity contribution in [1.29, 1.82) is 0 Å². The van der Waals surface area contributed by atoms with E-state index in [4.69, 9.17) is 15.9 Å². The molecule has 0 radical (unpaired) electrons. The molecular formula is C16H17NO3. The standard InChI is InChI=1S/C16H17NO3/c1-2-12-10-16(18)17(11-12)6-5-13-3-4-14-15(9-13)20-8-7-19-14/h1,3-4,9,12H,5-8,10-11H2. The quantitative estimate of drug-likeness (QED) is 0.782. The predicted octanol–water partition coefficient (Wildman–Crippen LogP) is 1.48. The van der Waals surface area contributed by atoms with Gasteiger partial charge >= 0.3 is 0 Å². The lowest BCUT2D eigenvalue weighted by molar-refractivity contribution is -0.127. The SMILES string of the molecule is C#CC1CC(=O)N(CCc2ccc3c(c2)OCCO3)C1. The van der Waals surface area contributed by atoms with Crippen LogP contribution in [0.1, 0.15) is 12.0 Å². The van der Waals surface area contributed by atoms with E-state index in [-0.39, 0.29) is 11.8 Å². The van der Waals surface area contributed by atoms with Crippen LogP contribution in [0.25, 0.3) is 0 Å². The van der Waals surface area contributed by atoms with Crippen LogP contribution in [0.5, 0.6) is 11.5 Å². The van der Waals surface area contributed by atoms with Gasteiger partial charge in [-0.25, -0.2) is 0 Å². The Bertz CT molecular complexity index is 561. The van der Waals surface area contributed by atoms with Gasteiger partial charge in [-0.05, 0) is 24.1 Å². The maximum absolute atomic E-state index is 11.8. The molecule has 1 aromatic carbocycles. The van der Waals surface area contributed by atoms with Crippen LogP contribution in [-0.2, 0) is 11.2 Å². The number of amides is 1. The summed E-state index contributed by atoms with van der Waals surface area (Å²) in [5.41, 5.74) is 1.14. The molecule has 1 aromatic rings. The zero-order valence-electron chi connectivity index (χ0n) is 11.3. The first-order chi connectivity index (χ1) is 9.76. The number of hydrogen-bond acceptors (Lipinski definition) is 3. The average Bonchev–Trinajstić information content (AvgIpc) is 2.85. The lowest BCUT2D eigenvalue weighted by Crippen LogP contribution is -2.27. The fourth-order valence-electron chi connectivity index (χ4n) is 2.61. The number of nitrogens with zero attached hydrogens (tertiary/aromatic N) is 1. The summed E-state index contributed by atoms with van der Waals surface area (Å²) in [5.74, 6) is 4.48. The molecule has 2 heterocycles. The summed E-state index contributed by atoms with van der Waals surface area (Å²) in [4.78, 5) is 13.6. The molecular weight excluding hydrogens is 254 g/mol. The number of terminal acetylenes is 1. The van der Waals surface area contributed by atoms with Crippen LogP contribution in [0.15, 0.2) is 18.2 Å². The van der Waals surface area contributed by atoms with Crippen LogP contribution in [0.3, 0.4) is 0 Å². The molecule has 20 heavy (non-hydrogen) atoms. The van der Waals surface area contributed by atoms with Crippen molar-refractivity contribution in [2.45, 2.75) is 12.8 Å². The third-order valence-corrected chi connectivity index (χ3v) is 3.73. The van der Waals surface area contributed by atoms with Gasteiger partial charge in [-0.1, -0.05) is 6.07 Å². The first kappa shape index (κ1) is 12.9. The van der Waals surface area contributed by atoms with Gasteiger partial charge in [0, 0.05) is 25.4 Å². The van der Waals surface area contributed by atoms with Crippen molar-refractivity contribution in [3.05, 3.63) is 23.8 Å². The number of carbonyl (C=O) groups is 1. The molecule has 104 valence electrons. The zero-order valence-corrected chi connectivity index (χ0v) is 11.3. The van der Waals surface area contributed by atoms with Gasteiger partial charge in [0.1, 0.15) is 13.2 Å². The molecule has 0 saturated carbocycles. The molecule has 4 heteroatoms. The monoisotopic (exact) mass is 271 g/mol. The van der Waals surface area contributed by atoms with Crippen molar-refractivity contribution in [2.75, 3.05) is 26.3 Å². The second-order valence-electron chi connectivity index (χ2n) is 5.14. The largest absolute Gasteiger partial charge is 0.486 e. The summed E-state index contributed by atoms with van der Waals surface area (Å²) in [6, 6.07) is 5.94. The van der Waals surface area contributed by atoms with Crippen LogP contribution in [0.4, 0.5) is 0 Å². The fraction of sp³-hybridized carbons (Fsp3) is 0.438. The highest BCUT2D eigenvalue weighted by Gasteiger charge is 2.27. The molecule has 0 N–H and O–H groups in total. The molecule has 1 atom stereocenters. The Morgan fingerprint density at radius 3 is 2.85 bits per heavy atom. The topological polar surface area (TPSA) is 38.8 Å². The maximum atomic E-state index is 11.8. The van der Waals surface area contributed by atoms with E-state index in [2.05, 4.69) is 5.92 Å². The minimum absolute atomic E-state index is 0.0720. The van der Waals surface area contributed by atoms with Gasteiger partial charge in [-0.2, -0.15) is 0 Å². The minimum atomic E-state index is 0.0720. The summed E-state index contributed by atoms with van der Waals surface area (Å²) in [6.45, 7) is 2.57. The highest BCUT2D eigenvalue weighted by molar-refractivity contribution is 5.79. The number of hydrogen-bond donors (Lipinski definition) is 0. The van der Waals surface area contributed by atoms with Crippen LogP contribution in [-0.4, -0.2) is 37.1 Å². The number of fused-ring (bicyclic) bond motifs is 1. The van der Waals surface area contributed by atoms with E-state index in [9.17, 15) is 4.79 Å². The van der Waals surface area contributed by atoms with E-state index in [1.165, 1.54) is 0 Å². The Morgan fingerprint density at radius 2 is 2.10 bits per heavy atom. The normalized spacial score (nSPS) is 20.9. The summed E-state index contributed by atoms with van der Waals surface area (Å²) in [5, 5.41) is 0. The molecule has 1 saturated heterocycles. The lowest BCUT2D eigenvalue weighted by Gasteiger charge is -2.20. The van der Waals surface area contributed by atoms with Gasteiger partial charge in [-0.3, -0.25) is 4.79 Å². The van der Waals surface area contributed by atoms with Crippen molar-refractivity contribution in [3.63, 3.8) is 0 Å². The number of rotatable bonds is 3. The number of likely N-dealkylation sites (tertiary alicyclic amines) is 1. The van der Waals surface area contributed by atoms with Crippen molar-refractivity contribution in [1.82, 2.24) is 4.90 Å². The Morgan fingerprint density at radius 1 is 1.30 bits per heavy atom. The number of ether oxygens (including phenoxy) is 2. The molecule has 1 amide bonds. The molecule has 0 aromatic heterocycles. The Labute approximate surface area is 118 Å². The van der Waals surface area contributed by atoms with E-state index in [0.717, 1.165) is 23.5 Å². The fourth-order valence-corrected chi connectivity index (χ4v) is 2.61. The van der Waals surface area contributed by atoms with E-state index < -0.39 is 0 Å². The summed E-state index contributed by atoms with van der Waals surface area (Å²) >= 11 is 0. The third-order valence-electron chi connectivity index (χ3n) is 3.73. The highest BCUT2D eigenvalue weighted by Crippen LogP contribution is 2.31. The van der Waals surface area contributed by atoms with E-state index in [1.807, 2.05) is 23.1 Å². The van der Waals surface area contributed by atoms with Crippen molar-refractivity contribution in [2.24, 2.45) is 5.92 Å². The Kier molecular flexibility index (Phi) is 3.51. The summed E-state index contributed by atoms with van der Waals surface area (Å²) < 4.78 is 11.0. The zero-order chi connectivity index (χ0) is 13.9. The van der Waals surface area contributed by atoms with Gasteiger partial charge in [0.05, 0.1) is 0 Å². The Hall–Kier alpha value is -2.15. The number of benzene rings is 1. The second-order valence-corrected chi connectivity index (χ2v) is 5.14. The molecule has 0 aliphatic carbocycles. The molecule has 0 spiro atoms. The van der Waals surface area contributed by atoms with Gasteiger partial charge < -0.3 is 14.4 Å². The van der Waals surface area contributed by atoms with Crippen molar-refractivity contribution in [3.8, 4) is 23.8 Å². The molecule has 0 bridgehead atoms. The van der Waals surface area contributed by atoms with E-state index >= 15 is 0 Å². The third kappa shape index (κ3) is 2.57. The summed E-state index contributed by atoms with van der Waals surface area (Å²) in [6.07, 6.45) is 6.67. The van der Waals surface area contributed by atoms with Crippen LogP contribution < -0.4 is 9.47 Å². The van der Waals surface area contributed by atoms with Gasteiger partial charge in [0.2, 0.25) is 5.91 Å². The molecule has 1 unspecified atom stereocenters. The minimum Gasteiger partial charge on any atom is -0.486 e. The molecule has 3 rings (SSSR count). The first-order valence-corrected chi connectivity index (χ1v) is 6.88. The molecule has 1 fully saturated rings. The molecule has 4 nitrogen and oxygen atoms in total. The first-order valence-electron chi connectivity index (χ1n) is 6.88. The maximum Gasteiger partial charge on any atom is 0.223 e. The smallest absolute Gasteiger partial charge is 0.223 e. The van der Waals surface area contributed by atoms with Crippen LogP contribution in [0.2, 0.25) is 0 Å². The number of carbonyl (C=O) groups excluding carboxylic acids is 1. The van der Waals surface area contributed by atoms with E-state index in [0.29, 0.717) is 32.7 Å². The van der Waals surface area contributed by atoms with Gasteiger partial charge in [0.25, 0.3) is 0 Å². The molecule has 2 aliphatic heterocycles. The van der Waals surface area contributed by atoms with Crippen molar-refractivity contribution < 1.29 is 14.3 Å². The average molecular weight is 271 g/mol. The van der Waals surface area contributed by atoms with Gasteiger partial charge in [-0.15, -0.1) is 12.3 Å². The Balaban J connectivity index is 1.61. The summed E-state index contributed by atoms with van der Waals surface area (Å²) in [7, 11) is 0. The highest BCUT2D eigenvalue weighted by atomic mass is 16.6. The van der Waals surface area contributed by atoms with Gasteiger partial charge in [0.15, 0.2) is 11.5 Å². The predicted molar refractivity (Wildman–Crippen MR) is 74.7 cm³/mol. The van der Waals surface area contributed by atoms with E-state index in [1.54, 1.807) is 0 Å². The van der Waals surface area contributed by atoms with Crippen molar-refractivity contribution >= 4 is 5.91 Å². The second kappa shape index (κ2) is 5.46. The van der Waals surface area contributed by atoms with Crippen LogP contribution in [0, 0.1) is 18.3 Å². The molecule has 2 aliphatic rings.